The van der Waals surface area contributed by atoms with E-state index < -0.39 is 0 Å². The van der Waals surface area contributed by atoms with Gasteiger partial charge in [-0.05, 0) is 123 Å². The van der Waals surface area contributed by atoms with Crippen LogP contribution in [-0.2, 0) is 0 Å². The molecule has 0 unspecified atom stereocenters. The number of para-hydroxylation sites is 2. The van der Waals surface area contributed by atoms with Crippen molar-refractivity contribution in [2.45, 2.75) is 0 Å². The number of aromatic nitrogens is 1. The summed E-state index contributed by atoms with van der Waals surface area (Å²) in [5.41, 5.74) is 16.4. The Bertz CT molecular complexity index is 3530. The topological polar surface area (TPSA) is 8.17 Å². The SMILES string of the molecule is c1ccc(-c2cc(-c3ccccc3)cc(-c3ccc(N(c4ccc(-c5cccc6c5sc5ccccc56)cc4)c4ccc5c6ccccc6n(-c6ccccc6)c5c4)cc3)c2)cc1. The van der Waals surface area contributed by atoms with Crippen LogP contribution in [0.15, 0.2) is 243 Å². The van der Waals surface area contributed by atoms with Crippen LogP contribution in [0.25, 0.3) is 92.2 Å². The summed E-state index contributed by atoms with van der Waals surface area (Å²) in [6.45, 7) is 0. The molecule has 0 amide bonds. The van der Waals surface area contributed by atoms with Crippen molar-refractivity contribution in [1.82, 2.24) is 4.57 Å². The maximum atomic E-state index is 2.40. The van der Waals surface area contributed by atoms with Crippen molar-refractivity contribution in [1.29, 1.82) is 0 Å². The molecule has 0 atom stereocenters. The van der Waals surface area contributed by atoms with Crippen LogP contribution in [0.5, 0.6) is 0 Å². The first-order valence-electron chi connectivity index (χ1n) is 21.5. The molecule has 2 aromatic heterocycles. The second-order valence-electron chi connectivity index (χ2n) is 16.1. The van der Waals surface area contributed by atoms with Crippen molar-refractivity contribution in [3.05, 3.63) is 243 Å². The van der Waals surface area contributed by atoms with Crippen molar-refractivity contribution in [3.8, 4) is 50.2 Å². The highest BCUT2D eigenvalue weighted by Gasteiger charge is 2.19. The quantitative estimate of drug-likeness (QED) is 0.148. The zero-order valence-electron chi connectivity index (χ0n) is 34.4. The summed E-state index contributed by atoms with van der Waals surface area (Å²) < 4.78 is 5.04. The molecule has 12 aromatic rings. The second kappa shape index (κ2) is 15.5. The smallest absolute Gasteiger partial charge is 0.0561 e. The van der Waals surface area contributed by atoms with Crippen LogP contribution in [0, 0.1) is 0 Å². The van der Waals surface area contributed by atoms with E-state index in [2.05, 4.69) is 252 Å². The predicted molar refractivity (Wildman–Crippen MR) is 270 cm³/mol. The van der Waals surface area contributed by atoms with Crippen molar-refractivity contribution in [2.24, 2.45) is 0 Å². The van der Waals surface area contributed by atoms with Gasteiger partial charge >= 0.3 is 0 Å². The minimum absolute atomic E-state index is 1.09. The molecule has 3 heteroatoms. The fourth-order valence-electron chi connectivity index (χ4n) is 9.36. The molecule has 0 saturated carbocycles. The fourth-order valence-corrected chi connectivity index (χ4v) is 10.6. The van der Waals surface area contributed by atoms with E-state index in [1.807, 2.05) is 11.3 Å². The average Bonchev–Trinajstić information content (AvgIpc) is 3.91. The Kier molecular flexibility index (Phi) is 9.06. The largest absolute Gasteiger partial charge is 0.310 e. The molecule has 0 radical (unpaired) electrons. The Labute approximate surface area is 370 Å². The summed E-state index contributed by atoms with van der Waals surface area (Å²) in [4.78, 5) is 2.40. The minimum atomic E-state index is 1.09. The molecule has 0 aliphatic rings. The molecule has 2 heterocycles. The molecular weight excluding hydrogens is 781 g/mol. The van der Waals surface area contributed by atoms with Gasteiger partial charge in [-0.3, -0.25) is 0 Å². The summed E-state index contributed by atoms with van der Waals surface area (Å²) in [6.07, 6.45) is 0. The lowest BCUT2D eigenvalue weighted by molar-refractivity contribution is 1.18. The van der Waals surface area contributed by atoms with Gasteiger partial charge in [-0.25, -0.2) is 0 Å². The molecular formula is C60H40N2S. The second-order valence-corrected chi connectivity index (χ2v) is 17.2. The van der Waals surface area contributed by atoms with Crippen LogP contribution in [0.3, 0.4) is 0 Å². The Hall–Kier alpha value is -7.98. The molecule has 0 N–H and O–H groups in total. The Morgan fingerprint density at radius 3 is 1.44 bits per heavy atom. The zero-order valence-corrected chi connectivity index (χ0v) is 35.2. The lowest BCUT2D eigenvalue weighted by Crippen LogP contribution is -2.10. The van der Waals surface area contributed by atoms with E-state index >= 15 is 0 Å². The van der Waals surface area contributed by atoms with E-state index in [1.165, 1.54) is 86.5 Å². The van der Waals surface area contributed by atoms with Gasteiger partial charge in [0.25, 0.3) is 0 Å². The molecule has 2 nitrogen and oxygen atoms in total. The Balaban J connectivity index is 1.00. The summed E-state index contributed by atoms with van der Waals surface area (Å²) in [5.74, 6) is 0. The first-order valence-corrected chi connectivity index (χ1v) is 22.3. The highest BCUT2D eigenvalue weighted by molar-refractivity contribution is 7.26. The van der Waals surface area contributed by atoms with E-state index in [1.54, 1.807) is 0 Å². The summed E-state index contributed by atoms with van der Waals surface area (Å²) in [7, 11) is 0. The van der Waals surface area contributed by atoms with Crippen LogP contribution in [0.4, 0.5) is 17.1 Å². The lowest BCUT2D eigenvalue weighted by atomic mass is 9.93. The third kappa shape index (κ3) is 6.58. The Morgan fingerprint density at radius 1 is 0.302 bits per heavy atom. The molecule has 0 bridgehead atoms. The van der Waals surface area contributed by atoms with Gasteiger partial charge in [0.2, 0.25) is 0 Å². The van der Waals surface area contributed by atoms with Gasteiger partial charge in [-0.15, -0.1) is 11.3 Å². The van der Waals surface area contributed by atoms with Crippen LogP contribution in [0.1, 0.15) is 0 Å². The highest BCUT2D eigenvalue weighted by Crippen LogP contribution is 2.43. The molecule has 0 aliphatic heterocycles. The maximum Gasteiger partial charge on any atom is 0.0561 e. The third-order valence-corrected chi connectivity index (χ3v) is 13.6. The molecule has 296 valence electrons. The van der Waals surface area contributed by atoms with Crippen LogP contribution < -0.4 is 4.90 Å². The van der Waals surface area contributed by atoms with Gasteiger partial charge in [0.05, 0.1) is 11.0 Å². The van der Waals surface area contributed by atoms with Gasteiger partial charge in [0.1, 0.15) is 0 Å². The zero-order chi connectivity index (χ0) is 41.7. The van der Waals surface area contributed by atoms with Gasteiger partial charge in [0.15, 0.2) is 0 Å². The first kappa shape index (κ1) is 36.8. The standard InChI is InChI=1S/C60H40N2S/c1-4-15-41(16-5-1)45-37-46(42-17-6-2-7-18-42)39-47(38-45)43-27-31-49(32-28-43)61(50-33-29-44(30-34-50)52-23-14-24-56-55-22-11-13-26-59(55)63-60(52)56)51-35-36-54-53-21-10-12-25-57(53)62(58(54)40-51)48-19-8-3-9-20-48/h1-40H. The summed E-state index contributed by atoms with van der Waals surface area (Å²) in [5, 5.41) is 5.10. The van der Waals surface area contributed by atoms with Crippen molar-refractivity contribution in [3.63, 3.8) is 0 Å². The van der Waals surface area contributed by atoms with E-state index in [-0.39, 0.29) is 0 Å². The van der Waals surface area contributed by atoms with Gasteiger partial charge in [0, 0.05) is 53.7 Å². The van der Waals surface area contributed by atoms with Gasteiger partial charge in [-0.2, -0.15) is 0 Å². The van der Waals surface area contributed by atoms with Crippen LogP contribution in [-0.4, -0.2) is 4.57 Å². The maximum absolute atomic E-state index is 2.40. The number of thiophene rings is 1. The molecule has 12 rings (SSSR count). The van der Waals surface area contributed by atoms with Gasteiger partial charge in [-0.1, -0.05) is 164 Å². The van der Waals surface area contributed by atoms with Crippen molar-refractivity contribution >= 4 is 70.4 Å². The summed E-state index contributed by atoms with van der Waals surface area (Å²) >= 11 is 1.88. The number of fused-ring (bicyclic) bond motifs is 6. The molecule has 10 aromatic carbocycles. The van der Waals surface area contributed by atoms with E-state index in [0.717, 1.165) is 22.7 Å². The number of benzene rings is 10. The number of rotatable bonds is 8. The average molecular weight is 821 g/mol. The van der Waals surface area contributed by atoms with E-state index in [4.69, 9.17) is 0 Å². The van der Waals surface area contributed by atoms with E-state index in [0.29, 0.717) is 0 Å². The predicted octanol–water partition coefficient (Wildman–Crippen LogP) is 17.3. The van der Waals surface area contributed by atoms with Crippen molar-refractivity contribution < 1.29 is 0 Å². The summed E-state index contributed by atoms with van der Waals surface area (Å²) in [6, 6.07) is 88.4. The molecule has 0 spiro atoms. The molecule has 63 heavy (non-hydrogen) atoms. The number of hydrogen-bond donors (Lipinski definition) is 0. The molecule has 0 saturated heterocycles. The van der Waals surface area contributed by atoms with Crippen LogP contribution >= 0.6 is 11.3 Å². The molecule has 0 aliphatic carbocycles. The number of anilines is 3. The first-order chi connectivity index (χ1) is 31.2. The van der Waals surface area contributed by atoms with E-state index in [9.17, 15) is 0 Å². The number of hydrogen-bond acceptors (Lipinski definition) is 2. The normalized spacial score (nSPS) is 11.5. The molecule has 0 fully saturated rings. The lowest BCUT2D eigenvalue weighted by Gasteiger charge is -2.26. The van der Waals surface area contributed by atoms with Crippen molar-refractivity contribution in [2.75, 3.05) is 4.90 Å². The number of nitrogens with zero attached hydrogens (tertiary/aromatic N) is 2. The Morgan fingerprint density at radius 2 is 0.794 bits per heavy atom. The van der Waals surface area contributed by atoms with Gasteiger partial charge < -0.3 is 9.47 Å². The highest BCUT2D eigenvalue weighted by atomic mass is 32.1. The third-order valence-electron chi connectivity index (χ3n) is 12.4. The fraction of sp³-hybridized carbons (Fsp3) is 0. The monoisotopic (exact) mass is 820 g/mol. The van der Waals surface area contributed by atoms with Crippen LogP contribution in [0.2, 0.25) is 0 Å². The minimum Gasteiger partial charge on any atom is -0.310 e.